The Bertz CT molecular complexity index is 744. The van der Waals surface area contributed by atoms with E-state index in [2.05, 4.69) is 17.2 Å². The lowest BCUT2D eigenvalue weighted by atomic mass is 10.1. The predicted octanol–water partition coefficient (Wildman–Crippen LogP) is 5.32. The molecule has 0 saturated carbocycles. The molecule has 0 unspecified atom stereocenters. The summed E-state index contributed by atoms with van der Waals surface area (Å²) in [5.74, 6) is -0.370. The van der Waals surface area contributed by atoms with Crippen molar-refractivity contribution in [2.24, 2.45) is 4.99 Å². The van der Waals surface area contributed by atoms with Crippen LogP contribution in [0, 0.1) is 19.7 Å². The van der Waals surface area contributed by atoms with E-state index in [9.17, 15) is 4.39 Å². The van der Waals surface area contributed by atoms with Crippen molar-refractivity contribution in [1.29, 1.82) is 0 Å². The molecule has 0 aliphatic heterocycles. The average molecular weight is 348 g/mol. The molecule has 0 radical (unpaired) electrons. The van der Waals surface area contributed by atoms with Gasteiger partial charge in [-0.3, -0.25) is 0 Å². The zero-order valence-electron chi connectivity index (χ0n) is 14.5. The summed E-state index contributed by atoms with van der Waals surface area (Å²) in [6, 6.07) is 9.11. The Labute approximate surface area is 148 Å². The molecule has 0 aliphatic carbocycles. The van der Waals surface area contributed by atoms with E-state index in [1.54, 1.807) is 18.2 Å². The predicted molar refractivity (Wildman–Crippen MR) is 101 cm³/mol. The first kappa shape index (κ1) is 18.3. The Morgan fingerprint density at radius 1 is 1.25 bits per heavy atom. The van der Waals surface area contributed by atoms with Gasteiger partial charge in [0.1, 0.15) is 5.82 Å². The smallest absolute Gasteiger partial charge is 0.146 e. The Balaban J connectivity index is 2.16. The molecule has 0 saturated heterocycles. The van der Waals surface area contributed by atoms with E-state index in [0.29, 0.717) is 12.1 Å². The number of hydrogen-bond donors (Lipinski definition) is 1. The molecule has 5 heteroatoms. The molecular formula is C19H23ClFN3. The molecule has 2 rings (SSSR count). The minimum atomic E-state index is -0.370. The molecular weight excluding hydrogens is 325 g/mol. The Morgan fingerprint density at radius 2 is 2.00 bits per heavy atom. The topological polar surface area (TPSA) is 27.6 Å². The quantitative estimate of drug-likeness (QED) is 0.565. The molecule has 0 aromatic heterocycles. The lowest BCUT2D eigenvalue weighted by Gasteiger charge is -2.14. The van der Waals surface area contributed by atoms with Gasteiger partial charge in [0.2, 0.25) is 0 Å². The van der Waals surface area contributed by atoms with Crippen LogP contribution in [0.5, 0.6) is 0 Å². The van der Waals surface area contributed by atoms with Gasteiger partial charge in [-0.25, -0.2) is 9.38 Å². The first-order valence-corrected chi connectivity index (χ1v) is 8.32. The lowest BCUT2D eigenvalue weighted by Crippen LogP contribution is -2.14. The second-order valence-corrected chi connectivity index (χ2v) is 6.25. The van der Waals surface area contributed by atoms with Crippen LogP contribution in [-0.4, -0.2) is 24.8 Å². The SMILES string of the molecule is CCN(C)C=Nc1cc(C)c(NCc2cccc(Cl)c2F)cc1C. The summed E-state index contributed by atoms with van der Waals surface area (Å²) in [6.07, 6.45) is 1.83. The molecule has 0 fully saturated rings. The van der Waals surface area contributed by atoms with Crippen molar-refractivity contribution in [2.45, 2.75) is 27.3 Å². The molecule has 2 aromatic rings. The van der Waals surface area contributed by atoms with Gasteiger partial charge in [0.25, 0.3) is 0 Å². The number of halogens is 2. The molecule has 2 aromatic carbocycles. The third-order valence-corrected chi connectivity index (χ3v) is 4.23. The van der Waals surface area contributed by atoms with Crippen molar-refractivity contribution >= 4 is 29.3 Å². The van der Waals surface area contributed by atoms with Gasteiger partial charge >= 0.3 is 0 Å². The second kappa shape index (κ2) is 8.15. The minimum Gasteiger partial charge on any atom is -0.381 e. The molecule has 0 spiro atoms. The average Bonchev–Trinajstić information content (AvgIpc) is 2.57. The first-order chi connectivity index (χ1) is 11.4. The van der Waals surface area contributed by atoms with Crippen LogP contribution in [0.2, 0.25) is 5.02 Å². The number of nitrogens with one attached hydrogen (secondary N) is 1. The fourth-order valence-electron chi connectivity index (χ4n) is 2.25. The second-order valence-electron chi connectivity index (χ2n) is 5.84. The summed E-state index contributed by atoms with van der Waals surface area (Å²) in [7, 11) is 1.99. The normalized spacial score (nSPS) is 11.1. The van der Waals surface area contributed by atoms with Crippen molar-refractivity contribution in [3.8, 4) is 0 Å². The highest BCUT2D eigenvalue weighted by Gasteiger charge is 2.08. The molecule has 0 bridgehead atoms. The molecule has 0 aliphatic rings. The summed E-state index contributed by atoms with van der Waals surface area (Å²) >= 11 is 5.82. The summed E-state index contributed by atoms with van der Waals surface area (Å²) in [5, 5.41) is 3.43. The van der Waals surface area contributed by atoms with Gasteiger partial charge in [0.05, 0.1) is 17.0 Å². The van der Waals surface area contributed by atoms with Crippen LogP contribution in [0.25, 0.3) is 0 Å². The molecule has 1 N–H and O–H groups in total. The fourth-order valence-corrected chi connectivity index (χ4v) is 2.44. The molecule has 3 nitrogen and oxygen atoms in total. The zero-order valence-corrected chi connectivity index (χ0v) is 15.3. The van der Waals surface area contributed by atoms with Crippen molar-refractivity contribution in [3.63, 3.8) is 0 Å². The molecule has 24 heavy (non-hydrogen) atoms. The maximum absolute atomic E-state index is 14.0. The Kier molecular flexibility index (Phi) is 6.21. The minimum absolute atomic E-state index is 0.145. The van der Waals surface area contributed by atoms with E-state index >= 15 is 0 Å². The number of aliphatic imine (C=N–C) groups is 1. The van der Waals surface area contributed by atoms with Crippen molar-refractivity contribution in [2.75, 3.05) is 18.9 Å². The van der Waals surface area contributed by atoms with Gasteiger partial charge in [-0.15, -0.1) is 0 Å². The van der Waals surface area contributed by atoms with Crippen LogP contribution in [0.1, 0.15) is 23.6 Å². The fraction of sp³-hybridized carbons (Fsp3) is 0.316. The van der Waals surface area contributed by atoms with E-state index in [0.717, 1.165) is 29.0 Å². The van der Waals surface area contributed by atoms with Crippen LogP contribution in [0.4, 0.5) is 15.8 Å². The highest BCUT2D eigenvalue weighted by Crippen LogP contribution is 2.27. The number of rotatable bonds is 6. The van der Waals surface area contributed by atoms with Crippen molar-refractivity contribution < 1.29 is 4.39 Å². The molecule has 0 amide bonds. The number of aryl methyl sites for hydroxylation is 2. The summed E-state index contributed by atoms with van der Waals surface area (Å²) in [5.41, 5.74) is 4.58. The largest absolute Gasteiger partial charge is 0.381 e. The van der Waals surface area contributed by atoms with Gasteiger partial charge in [0.15, 0.2) is 0 Å². The van der Waals surface area contributed by atoms with E-state index in [1.807, 2.05) is 44.3 Å². The Hall–Kier alpha value is -2.07. The summed E-state index contributed by atoms with van der Waals surface area (Å²) < 4.78 is 14.0. The van der Waals surface area contributed by atoms with Crippen LogP contribution in [0.15, 0.2) is 35.3 Å². The molecule has 128 valence electrons. The van der Waals surface area contributed by atoms with Gasteiger partial charge in [-0.2, -0.15) is 0 Å². The zero-order chi connectivity index (χ0) is 17.7. The highest BCUT2D eigenvalue weighted by molar-refractivity contribution is 6.30. The third kappa shape index (κ3) is 4.48. The van der Waals surface area contributed by atoms with E-state index in [1.165, 1.54) is 0 Å². The van der Waals surface area contributed by atoms with E-state index in [4.69, 9.17) is 11.6 Å². The maximum Gasteiger partial charge on any atom is 0.146 e. The van der Waals surface area contributed by atoms with Crippen LogP contribution in [-0.2, 0) is 6.54 Å². The number of nitrogens with zero attached hydrogens (tertiary/aromatic N) is 2. The number of anilines is 1. The summed E-state index contributed by atoms with van der Waals surface area (Å²) in [6.45, 7) is 7.40. The summed E-state index contributed by atoms with van der Waals surface area (Å²) in [4.78, 5) is 6.53. The van der Waals surface area contributed by atoms with Crippen LogP contribution in [0.3, 0.4) is 0 Å². The first-order valence-electron chi connectivity index (χ1n) is 7.94. The number of hydrogen-bond acceptors (Lipinski definition) is 2. The van der Waals surface area contributed by atoms with Gasteiger partial charge in [0, 0.05) is 31.4 Å². The maximum atomic E-state index is 14.0. The van der Waals surface area contributed by atoms with Crippen LogP contribution < -0.4 is 5.32 Å². The van der Waals surface area contributed by atoms with E-state index in [-0.39, 0.29) is 10.8 Å². The number of benzene rings is 2. The highest BCUT2D eigenvalue weighted by atomic mass is 35.5. The Morgan fingerprint density at radius 3 is 2.71 bits per heavy atom. The van der Waals surface area contributed by atoms with Crippen LogP contribution >= 0.6 is 11.6 Å². The lowest BCUT2D eigenvalue weighted by molar-refractivity contribution is 0.552. The molecule has 0 atom stereocenters. The monoisotopic (exact) mass is 347 g/mol. The van der Waals surface area contributed by atoms with Gasteiger partial charge in [-0.1, -0.05) is 23.7 Å². The third-order valence-electron chi connectivity index (χ3n) is 3.94. The standard InChI is InChI=1S/C19H23ClFN3/c1-5-24(4)12-23-18-10-13(2)17(9-14(18)3)22-11-15-7-6-8-16(20)19(15)21/h6-10,12,22H,5,11H2,1-4H3. The molecule has 0 heterocycles. The van der Waals surface area contributed by atoms with Gasteiger partial charge < -0.3 is 10.2 Å². The van der Waals surface area contributed by atoms with Crippen molar-refractivity contribution in [3.05, 3.63) is 57.9 Å². The van der Waals surface area contributed by atoms with Crippen molar-refractivity contribution in [1.82, 2.24) is 4.90 Å². The van der Waals surface area contributed by atoms with Gasteiger partial charge in [-0.05, 0) is 50.1 Å². The van der Waals surface area contributed by atoms with E-state index < -0.39 is 0 Å².